The number of hydrogen-bond acceptors (Lipinski definition) is 5. The Hall–Kier alpha value is -0.880. The zero-order chi connectivity index (χ0) is 14.7. The Kier molecular flexibility index (Phi) is 4.95. The van der Waals surface area contributed by atoms with Crippen molar-refractivity contribution in [1.82, 2.24) is 15.1 Å². The van der Waals surface area contributed by atoms with E-state index >= 15 is 0 Å². The maximum Gasteiger partial charge on any atom is 0.118 e. The number of ether oxygens (including phenoxy) is 1. The summed E-state index contributed by atoms with van der Waals surface area (Å²) in [4.78, 5) is 5.15. The van der Waals surface area contributed by atoms with Crippen LogP contribution in [0.2, 0.25) is 0 Å². The maximum atomic E-state index is 5.79. The van der Waals surface area contributed by atoms with Gasteiger partial charge in [0.25, 0.3) is 0 Å². The molecule has 5 heteroatoms. The molecule has 0 bridgehead atoms. The van der Waals surface area contributed by atoms with Crippen molar-refractivity contribution in [3.63, 3.8) is 0 Å². The molecule has 1 unspecified atom stereocenters. The molecule has 2 aliphatic rings. The maximum absolute atomic E-state index is 5.79. The third kappa shape index (κ3) is 3.66. The van der Waals surface area contributed by atoms with Crippen LogP contribution in [0.5, 0.6) is 0 Å². The first-order chi connectivity index (χ1) is 10.3. The third-order valence-electron chi connectivity index (χ3n) is 4.63. The molecule has 2 fully saturated rings. The summed E-state index contributed by atoms with van der Waals surface area (Å²) >= 11 is 0. The molecular formula is C16H27N3O2. The molecule has 3 heterocycles. The molecule has 1 aromatic rings. The van der Waals surface area contributed by atoms with Crippen molar-refractivity contribution in [2.24, 2.45) is 0 Å². The molecule has 3 rings (SSSR count). The fraction of sp³-hybridized carbons (Fsp3) is 0.750. The van der Waals surface area contributed by atoms with Gasteiger partial charge in [-0.2, -0.15) is 0 Å². The number of aryl methyl sites for hydroxylation is 1. The largest absolute Gasteiger partial charge is 0.465 e. The molecule has 0 radical (unpaired) electrons. The minimum atomic E-state index is 0.706. The Morgan fingerprint density at radius 1 is 1.29 bits per heavy atom. The summed E-state index contributed by atoms with van der Waals surface area (Å²) < 4.78 is 11.2. The SMILES string of the molecule is CNCc1cc(CN2CCC(N3CCOCC3)C2)c(C)o1. The molecule has 0 spiro atoms. The van der Waals surface area contributed by atoms with E-state index in [4.69, 9.17) is 9.15 Å². The summed E-state index contributed by atoms with van der Waals surface area (Å²) in [7, 11) is 1.95. The molecule has 1 aromatic heterocycles. The lowest BCUT2D eigenvalue weighted by Crippen LogP contribution is -2.44. The van der Waals surface area contributed by atoms with Gasteiger partial charge in [-0.3, -0.25) is 9.80 Å². The minimum absolute atomic E-state index is 0.706. The van der Waals surface area contributed by atoms with Gasteiger partial charge in [-0.15, -0.1) is 0 Å². The molecule has 5 nitrogen and oxygen atoms in total. The highest BCUT2D eigenvalue weighted by Gasteiger charge is 2.29. The van der Waals surface area contributed by atoms with E-state index in [-0.39, 0.29) is 0 Å². The van der Waals surface area contributed by atoms with Gasteiger partial charge in [-0.1, -0.05) is 0 Å². The van der Waals surface area contributed by atoms with Crippen LogP contribution >= 0.6 is 0 Å². The van der Waals surface area contributed by atoms with Gasteiger partial charge in [0.05, 0.1) is 19.8 Å². The summed E-state index contributed by atoms with van der Waals surface area (Å²) in [6.45, 7) is 10.2. The molecule has 0 aliphatic carbocycles. The standard InChI is InChI=1S/C16H27N3O2/c1-13-14(9-16(21-13)10-17-2)11-18-4-3-15(12-18)19-5-7-20-8-6-19/h9,15,17H,3-8,10-12H2,1-2H3. The fourth-order valence-electron chi connectivity index (χ4n) is 3.44. The van der Waals surface area contributed by atoms with E-state index in [9.17, 15) is 0 Å². The highest BCUT2D eigenvalue weighted by molar-refractivity contribution is 5.21. The van der Waals surface area contributed by atoms with Gasteiger partial charge in [0.1, 0.15) is 11.5 Å². The van der Waals surface area contributed by atoms with Crippen molar-refractivity contribution in [2.45, 2.75) is 32.5 Å². The number of rotatable bonds is 5. The minimum Gasteiger partial charge on any atom is -0.465 e. The van der Waals surface area contributed by atoms with E-state index in [1.165, 1.54) is 25.1 Å². The molecule has 1 atom stereocenters. The van der Waals surface area contributed by atoms with Gasteiger partial charge in [0, 0.05) is 44.3 Å². The van der Waals surface area contributed by atoms with Gasteiger partial charge >= 0.3 is 0 Å². The number of nitrogens with zero attached hydrogens (tertiary/aromatic N) is 2. The predicted octanol–water partition coefficient (Wildman–Crippen LogP) is 1.21. The van der Waals surface area contributed by atoms with Gasteiger partial charge in [-0.25, -0.2) is 0 Å². The average Bonchev–Trinajstić information content (AvgIpc) is 3.09. The number of nitrogens with one attached hydrogen (secondary N) is 1. The van der Waals surface area contributed by atoms with E-state index in [2.05, 4.69) is 28.1 Å². The van der Waals surface area contributed by atoms with Crippen LogP contribution in [-0.2, 0) is 17.8 Å². The lowest BCUT2D eigenvalue weighted by Gasteiger charge is -2.32. The van der Waals surface area contributed by atoms with Gasteiger partial charge in [0.2, 0.25) is 0 Å². The monoisotopic (exact) mass is 293 g/mol. The van der Waals surface area contributed by atoms with Gasteiger partial charge in [-0.05, 0) is 26.5 Å². The zero-order valence-corrected chi connectivity index (χ0v) is 13.2. The second-order valence-electron chi connectivity index (χ2n) is 6.15. The summed E-state index contributed by atoms with van der Waals surface area (Å²) in [5, 5.41) is 3.14. The molecule has 2 saturated heterocycles. The second-order valence-corrected chi connectivity index (χ2v) is 6.15. The number of hydrogen-bond donors (Lipinski definition) is 1. The lowest BCUT2D eigenvalue weighted by molar-refractivity contribution is 0.0184. The zero-order valence-electron chi connectivity index (χ0n) is 13.2. The highest BCUT2D eigenvalue weighted by Crippen LogP contribution is 2.22. The van der Waals surface area contributed by atoms with Crippen LogP contribution in [-0.4, -0.2) is 62.3 Å². The Morgan fingerprint density at radius 3 is 2.86 bits per heavy atom. The number of furan rings is 1. The lowest BCUT2D eigenvalue weighted by atomic mass is 10.2. The first-order valence-corrected chi connectivity index (χ1v) is 8.03. The number of likely N-dealkylation sites (tertiary alicyclic amines) is 1. The molecule has 21 heavy (non-hydrogen) atoms. The van der Waals surface area contributed by atoms with E-state index in [0.717, 1.165) is 50.9 Å². The molecule has 0 amide bonds. The van der Waals surface area contributed by atoms with E-state index in [1.54, 1.807) is 0 Å². The van der Waals surface area contributed by atoms with Crippen molar-refractivity contribution in [1.29, 1.82) is 0 Å². The van der Waals surface area contributed by atoms with Crippen molar-refractivity contribution in [3.8, 4) is 0 Å². The fourth-order valence-corrected chi connectivity index (χ4v) is 3.44. The molecule has 0 saturated carbocycles. The highest BCUT2D eigenvalue weighted by atomic mass is 16.5. The normalized spacial score (nSPS) is 24.8. The molecular weight excluding hydrogens is 266 g/mol. The molecule has 118 valence electrons. The van der Waals surface area contributed by atoms with Crippen molar-refractivity contribution in [2.75, 3.05) is 46.4 Å². The van der Waals surface area contributed by atoms with Gasteiger partial charge < -0.3 is 14.5 Å². The smallest absolute Gasteiger partial charge is 0.118 e. The van der Waals surface area contributed by atoms with Crippen LogP contribution in [0.3, 0.4) is 0 Å². The molecule has 0 aromatic carbocycles. The van der Waals surface area contributed by atoms with Crippen LogP contribution in [0.15, 0.2) is 10.5 Å². The second kappa shape index (κ2) is 6.92. The molecule has 1 N–H and O–H groups in total. The topological polar surface area (TPSA) is 40.9 Å². The van der Waals surface area contributed by atoms with Crippen molar-refractivity contribution in [3.05, 3.63) is 23.2 Å². The summed E-state index contributed by atoms with van der Waals surface area (Å²) in [5.41, 5.74) is 1.34. The summed E-state index contributed by atoms with van der Waals surface area (Å²) in [6, 6.07) is 2.91. The predicted molar refractivity (Wildman–Crippen MR) is 82.3 cm³/mol. The number of morpholine rings is 1. The third-order valence-corrected chi connectivity index (χ3v) is 4.63. The van der Waals surface area contributed by atoms with Crippen LogP contribution in [0.25, 0.3) is 0 Å². The Bertz CT molecular complexity index is 454. The first kappa shape index (κ1) is 15.0. The van der Waals surface area contributed by atoms with Crippen LogP contribution in [0.4, 0.5) is 0 Å². The summed E-state index contributed by atoms with van der Waals surface area (Å²) in [6.07, 6.45) is 1.28. The van der Waals surface area contributed by atoms with Crippen LogP contribution < -0.4 is 5.32 Å². The van der Waals surface area contributed by atoms with E-state index in [0.29, 0.717) is 6.04 Å². The Labute approximate surface area is 127 Å². The van der Waals surface area contributed by atoms with Gasteiger partial charge in [0.15, 0.2) is 0 Å². The average molecular weight is 293 g/mol. The van der Waals surface area contributed by atoms with E-state index in [1.807, 2.05) is 7.05 Å². The van der Waals surface area contributed by atoms with Crippen molar-refractivity contribution >= 4 is 0 Å². The molecule has 2 aliphatic heterocycles. The Balaban J connectivity index is 1.54. The van der Waals surface area contributed by atoms with Crippen LogP contribution in [0.1, 0.15) is 23.5 Å². The van der Waals surface area contributed by atoms with E-state index < -0.39 is 0 Å². The quantitative estimate of drug-likeness (QED) is 0.884. The summed E-state index contributed by atoms with van der Waals surface area (Å²) in [5.74, 6) is 2.10. The van der Waals surface area contributed by atoms with Crippen molar-refractivity contribution < 1.29 is 9.15 Å². The first-order valence-electron chi connectivity index (χ1n) is 8.03. The van der Waals surface area contributed by atoms with Crippen LogP contribution in [0, 0.1) is 6.92 Å². The Morgan fingerprint density at radius 2 is 2.10 bits per heavy atom.